The van der Waals surface area contributed by atoms with E-state index in [1.807, 2.05) is 66.7 Å². The summed E-state index contributed by atoms with van der Waals surface area (Å²) in [5.74, 6) is 0.883. The molecule has 3 saturated carbocycles. The van der Waals surface area contributed by atoms with E-state index in [2.05, 4.69) is 175 Å². The lowest BCUT2D eigenvalue weighted by Gasteiger charge is -2.71. The van der Waals surface area contributed by atoms with Crippen molar-refractivity contribution < 1.29 is 42.7 Å². The highest BCUT2D eigenvalue weighted by Gasteiger charge is 2.72. The number of esters is 1. The van der Waals surface area contributed by atoms with Crippen molar-refractivity contribution in [1.82, 2.24) is 5.32 Å². The summed E-state index contributed by atoms with van der Waals surface area (Å²) in [6.07, 6.45) is 4.40. The van der Waals surface area contributed by atoms with Gasteiger partial charge in [-0.25, -0.2) is 0 Å². The number of allylic oxidation sites excluding steroid dienone is 1. The lowest BCUT2D eigenvalue weighted by atomic mass is 9.34. The monoisotopic (exact) mass is 1190 g/mol. The summed E-state index contributed by atoms with van der Waals surface area (Å²) in [7, 11) is 0. The van der Waals surface area contributed by atoms with Crippen molar-refractivity contribution in [2.24, 2.45) is 56.7 Å². The number of hydrogen-bond donors (Lipinski definition) is 1. The van der Waals surface area contributed by atoms with Crippen molar-refractivity contribution in [3.8, 4) is 0 Å². The summed E-state index contributed by atoms with van der Waals surface area (Å²) in [6, 6.07) is 62.1. The van der Waals surface area contributed by atoms with Crippen LogP contribution >= 0.6 is 0 Å². The molecule has 5 fully saturated rings. The first-order valence-corrected chi connectivity index (χ1v) is 32.9. The number of fused-ring (bicyclic) bond motifs is 3. The van der Waals surface area contributed by atoms with Crippen LogP contribution in [0.2, 0.25) is 0 Å². The second-order valence-electron chi connectivity index (χ2n) is 28.2. The van der Waals surface area contributed by atoms with E-state index in [-0.39, 0.29) is 70.7 Å². The molecule has 6 aromatic rings. The predicted octanol–water partition coefficient (Wildman–Crippen LogP) is 15.5. The fourth-order valence-electron chi connectivity index (χ4n) is 17.7. The van der Waals surface area contributed by atoms with Gasteiger partial charge in [-0.15, -0.1) is 0 Å². The van der Waals surface area contributed by atoms with Crippen LogP contribution in [-0.4, -0.2) is 68.6 Å². The topological polar surface area (TPSA) is 103 Å². The molecule has 466 valence electrons. The quantitative estimate of drug-likeness (QED) is 0.0379. The summed E-state index contributed by atoms with van der Waals surface area (Å²) in [4.78, 5) is 15.3. The number of ether oxygens (including phenoxy) is 8. The maximum Gasteiger partial charge on any atom is 0.310 e. The Bertz CT molecular complexity index is 3230. The van der Waals surface area contributed by atoms with Crippen molar-refractivity contribution in [3.05, 3.63) is 227 Å². The van der Waals surface area contributed by atoms with E-state index in [1.54, 1.807) is 0 Å². The minimum Gasteiger partial charge on any atom is -0.461 e. The van der Waals surface area contributed by atoms with Crippen molar-refractivity contribution in [2.45, 2.75) is 169 Å². The third-order valence-corrected chi connectivity index (χ3v) is 22.9. The lowest BCUT2D eigenvalue weighted by molar-refractivity contribution is -0.357. The molecule has 2 heterocycles. The molecular formula is C78H95NO9. The van der Waals surface area contributed by atoms with Crippen molar-refractivity contribution >= 4 is 5.97 Å². The van der Waals surface area contributed by atoms with Crippen LogP contribution in [0.1, 0.15) is 120 Å². The zero-order valence-electron chi connectivity index (χ0n) is 53.1. The minimum absolute atomic E-state index is 0.0462. The maximum atomic E-state index is 15.3. The average Bonchev–Trinajstić information content (AvgIpc) is 0.680. The van der Waals surface area contributed by atoms with Crippen LogP contribution in [0.25, 0.3) is 0 Å². The van der Waals surface area contributed by atoms with Crippen LogP contribution in [0.3, 0.4) is 0 Å². The molecule has 2 unspecified atom stereocenters. The van der Waals surface area contributed by atoms with Gasteiger partial charge in [0.05, 0.1) is 58.3 Å². The van der Waals surface area contributed by atoms with Crippen molar-refractivity contribution in [2.75, 3.05) is 19.8 Å². The van der Waals surface area contributed by atoms with Crippen LogP contribution in [0, 0.1) is 56.7 Å². The molecule has 16 atom stereocenters. The normalized spacial score (nSPS) is 33.7. The standard InChI is InChI=1S/C78H95NO9/c1-54(2)55(3)74(4)42-43-76(6)62-38-39-66-75(5)52-82-53-78(66,63(62)40-41-77(76,7)70(74)72(80)86-50-61-36-24-13-25-37-61)44-64(79-45-56-26-14-8-15-27-56)71(75)88-73-69(85-49-60-34-22-12-23-35-60)68(84-48-59-32-20-11-21-33-59)67(83-47-58-30-18-10-19-31-58)65(87-73)51-81-46-57-28-16-9-17-29-57/h8-37,40,54-55,62,64-71,73,79H,38-39,41-53H2,1-7H3/t55-,62+,64-,65?,66+,67+,68+,69?,70-,71+,73+,74-,75+,76-,77+,78+/m1/s1. The third kappa shape index (κ3) is 12.4. The molecule has 2 bridgehead atoms. The molecule has 6 aliphatic rings. The maximum absolute atomic E-state index is 15.3. The Kier molecular flexibility index (Phi) is 19.1. The van der Waals surface area contributed by atoms with E-state index >= 15 is 4.79 Å². The van der Waals surface area contributed by atoms with Crippen LogP contribution < -0.4 is 5.32 Å². The molecule has 2 saturated heterocycles. The van der Waals surface area contributed by atoms with E-state index in [1.165, 1.54) is 11.1 Å². The highest BCUT2D eigenvalue weighted by Crippen LogP contribution is 2.75. The molecule has 0 amide bonds. The van der Waals surface area contributed by atoms with E-state index in [4.69, 9.17) is 37.9 Å². The second kappa shape index (κ2) is 27.0. The summed E-state index contributed by atoms with van der Waals surface area (Å²) in [5, 5.41) is 4.21. The first-order chi connectivity index (χ1) is 42.7. The Morgan fingerprint density at radius 3 is 1.65 bits per heavy atom. The van der Waals surface area contributed by atoms with Gasteiger partial charge in [0.1, 0.15) is 31.0 Å². The number of nitrogens with one attached hydrogen (secondary N) is 1. The molecule has 6 aromatic carbocycles. The van der Waals surface area contributed by atoms with E-state index in [9.17, 15) is 0 Å². The molecule has 12 rings (SSSR count). The fraction of sp³-hybridized carbons (Fsp3) is 0.500. The fourth-order valence-corrected chi connectivity index (χ4v) is 17.7. The van der Waals surface area contributed by atoms with Gasteiger partial charge in [0.25, 0.3) is 0 Å². The molecular weight excluding hydrogens is 1090 g/mol. The minimum atomic E-state index is -0.906. The van der Waals surface area contributed by atoms with Crippen LogP contribution in [0.5, 0.6) is 0 Å². The van der Waals surface area contributed by atoms with Gasteiger partial charge in [-0.2, -0.15) is 0 Å². The number of carbonyl (C=O) groups excluding carboxylic acids is 1. The van der Waals surface area contributed by atoms with Crippen LogP contribution in [0.4, 0.5) is 0 Å². The number of rotatable bonds is 23. The van der Waals surface area contributed by atoms with Crippen molar-refractivity contribution in [1.29, 1.82) is 0 Å². The Balaban J connectivity index is 0.923. The van der Waals surface area contributed by atoms with Crippen molar-refractivity contribution in [3.63, 3.8) is 0 Å². The van der Waals surface area contributed by atoms with Gasteiger partial charge in [-0.05, 0) is 112 Å². The highest BCUT2D eigenvalue weighted by molar-refractivity contribution is 5.75. The Hall–Kier alpha value is -5.79. The molecule has 1 N–H and O–H groups in total. The Morgan fingerprint density at radius 1 is 0.580 bits per heavy atom. The first kappa shape index (κ1) is 62.4. The van der Waals surface area contributed by atoms with Gasteiger partial charge in [-0.3, -0.25) is 4.79 Å². The second-order valence-corrected chi connectivity index (χ2v) is 28.2. The zero-order chi connectivity index (χ0) is 60.9. The predicted molar refractivity (Wildman–Crippen MR) is 344 cm³/mol. The molecule has 0 spiro atoms. The molecule has 0 radical (unpaired) electrons. The molecule has 4 aliphatic carbocycles. The van der Waals surface area contributed by atoms with Gasteiger partial charge in [-0.1, -0.05) is 242 Å². The molecule has 2 aliphatic heterocycles. The Morgan fingerprint density at radius 2 is 1.09 bits per heavy atom. The molecule has 10 nitrogen and oxygen atoms in total. The van der Waals surface area contributed by atoms with Crippen LogP contribution in [0.15, 0.2) is 194 Å². The Labute approximate surface area is 524 Å². The summed E-state index contributed by atoms with van der Waals surface area (Å²) >= 11 is 0. The van der Waals surface area contributed by atoms with Gasteiger partial charge < -0.3 is 43.2 Å². The zero-order valence-corrected chi connectivity index (χ0v) is 53.1. The van der Waals surface area contributed by atoms with Gasteiger partial charge in [0.15, 0.2) is 6.29 Å². The summed E-state index contributed by atoms with van der Waals surface area (Å²) < 4.78 is 57.7. The van der Waals surface area contributed by atoms with E-state index < -0.39 is 36.1 Å². The first-order valence-electron chi connectivity index (χ1n) is 32.9. The van der Waals surface area contributed by atoms with E-state index in [0.29, 0.717) is 58.0 Å². The SMILES string of the molecule is CC(C)[C@@H](C)[C@@]1(C)CC[C@]2(C)[C@H]3CC[C@@H]4[C@@]5(COC[C@]4(C)[C@@H](O[C@@H]4OC(COCc6ccccc6)[C@H](OCc6ccccc6)[C@H](OCc6ccccc6)C4OCc4ccccc4)[C@H](NCc4ccccc4)C5)C3=CC[C@@]2(C)[C@@H]1C(=O)OCc1ccccc1. The molecule has 0 aromatic heterocycles. The third-order valence-electron chi connectivity index (χ3n) is 22.9. The van der Waals surface area contributed by atoms with Gasteiger partial charge in [0, 0.05) is 23.4 Å². The number of benzene rings is 6. The summed E-state index contributed by atoms with van der Waals surface area (Å²) in [5.41, 5.74) is 6.41. The molecule has 88 heavy (non-hydrogen) atoms. The number of hydrogen-bond acceptors (Lipinski definition) is 10. The lowest BCUT2D eigenvalue weighted by Crippen LogP contribution is -2.72. The smallest absolute Gasteiger partial charge is 0.310 e. The number of carbonyl (C=O) groups is 1. The average molecular weight is 1190 g/mol. The van der Waals surface area contributed by atoms with Gasteiger partial charge in [0.2, 0.25) is 0 Å². The molecule has 10 heteroatoms. The van der Waals surface area contributed by atoms with Crippen LogP contribution in [-0.2, 0) is 82.3 Å². The largest absolute Gasteiger partial charge is 0.461 e. The highest BCUT2D eigenvalue weighted by atomic mass is 16.7. The summed E-state index contributed by atoms with van der Waals surface area (Å²) in [6.45, 7) is 20.6. The van der Waals surface area contributed by atoms with Gasteiger partial charge >= 0.3 is 5.97 Å². The van der Waals surface area contributed by atoms with E-state index in [0.717, 1.165) is 66.3 Å².